The maximum Gasteiger partial charge on any atom is 0.310 e. The summed E-state index contributed by atoms with van der Waals surface area (Å²) in [5, 5.41) is 12.0. The number of rotatable bonds is 8. The van der Waals surface area contributed by atoms with Crippen molar-refractivity contribution in [3.8, 4) is 28.3 Å². The van der Waals surface area contributed by atoms with Crippen molar-refractivity contribution in [1.82, 2.24) is 24.8 Å². The second-order valence-electron chi connectivity index (χ2n) is 10.2. The maximum absolute atomic E-state index is 15.0. The van der Waals surface area contributed by atoms with Crippen LogP contribution in [0.2, 0.25) is 0 Å². The number of carbonyl (C=O) groups is 2. The van der Waals surface area contributed by atoms with Gasteiger partial charge in [-0.2, -0.15) is 0 Å². The number of nitrogen functional groups attached to an aromatic ring is 1. The van der Waals surface area contributed by atoms with Gasteiger partial charge in [-0.15, -0.1) is 0 Å². The van der Waals surface area contributed by atoms with Crippen LogP contribution in [-0.4, -0.2) is 36.5 Å². The molecule has 0 bridgehead atoms. The van der Waals surface area contributed by atoms with Crippen molar-refractivity contribution >= 4 is 28.9 Å². The van der Waals surface area contributed by atoms with Gasteiger partial charge >= 0.3 is 5.97 Å². The lowest BCUT2D eigenvalue weighted by Crippen LogP contribution is -2.24. The van der Waals surface area contributed by atoms with Crippen LogP contribution in [0.5, 0.6) is 0 Å². The Hall–Kier alpha value is -5.90. The molecule has 1 amide bonds. The molecule has 0 fully saturated rings. The molecule has 0 aliphatic rings. The summed E-state index contributed by atoms with van der Waals surface area (Å²) in [6.45, 7) is 1.50. The minimum Gasteiger partial charge on any atom is -0.481 e. The van der Waals surface area contributed by atoms with Crippen molar-refractivity contribution in [1.29, 1.82) is 0 Å². The topological polar surface area (TPSA) is 136 Å². The minimum atomic E-state index is -1.17. The van der Waals surface area contributed by atoms with E-state index in [4.69, 9.17) is 15.7 Å². The number of hydrogen-bond acceptors (Lipinski definition) is 6. The van der Waals surface area contributed by atoms with Crippen LogP contribution in [0.25, 0.3) is 39.5 Å². The Morgan fingerprint density at radius 2 is 1.70 bits per heavy atom. The second-order valence-corrected chi connectivity index (χ2v) is 10.2. The normalized spacial score (nSPS) is 11.8. The number of anilines is 1. The highest BCUT2D eigenvalue weighted by Crippen LogP contribution is 2.32. The number of amides is 1. The van der Waals surface area contributed by atoms with Crippen LogP contribution in [0.3, 0.4) is 0 Å². The van der Waals surface area contributed by atoms with Crippen LogP contribution < -0.4 is 11.1 Å². The predicted molar refractivity (Wildman–Crippen MR) is 166 cm³/mol. The predicted octanol–water partition coefficient (Wildman–Crippen LogP) is 5.99. The second kappa shape index (κ2) is 11.8. The Bertz CT molecular complexity index is 2010. The third-order valence-electron chi connectivity index (χ3n) is 7.41. The van der Waals surface area contributed by atoms with Crippen molar-refractivity contribution in [2.24, 2.45) is 0 Å². The van der Waals surface area contributed by atoms with E-state index in [0.717, 1.165) is 22.5 Å². The van der Waals surface area contributed by atoms with Crippen molar-refractivity contribution in [3.05, 3.63) is 126 Å². The number of benzene rings is 3. The molecule has 0 radical (unpaired) electrons. The summed E-state index contributed by atoms with van der Waals surface area (Å²) in [5.41, 5.74) is 11.3. The van der Waals surface area contributed by atoms with Gasteiger partial charge in [-0.3, -0.25) is 14.2 Å². The lowest BCUT2D eigenvalue weighted by atomic mass is 9.98. The number of carbonyl (C=O) groups excluding carboxylic acids is 1. The zero-order valence-electron chi connectivity index (χ0n) is 23.6. The summed E-state index contributed by atoms with van der Waals surface area (Å²) in [7, 11) is 0. The van der Waals surface area contributed by atoms with Crippen LogP contribution in [0.4, 0.5) is 10.2 Å². The summed E-state index contributed by atoms with van der Waals surface area (Å²) >= 11 is 0. The van der Waals surface area contributed by atoms with Gasteiger partial charge in [0.25, 0.3) is 5.91 Å². The Morgan fingerprint density at radius 3 is 2.43 bits per heavy atom. The molecule has 0 spiro atoms. The van der Waals surface area contributed by atoms with Crippen molar-refractivity contribution < 1.29 is 19.1 Å². The molecular weight excluding hydrogens is 559 g/mol. The van der Waals surface area contributed by atoms with Gasteiger partial charge in [0.2, 0.25) is 0 Å². The number of halogens is 1. The first kappa shape index (κ1) is 28.2. The summed E-state index contributed by atoms with van der Waals surface area (Å²) in [6, 6.07) is 29.0. The average molecular weight is 587 g/mol. The van der Waals surface area contributed by atoms with E-state index in [1.807, 2.05) is 77.4 Å². The number of pyridine rings is 2. The molecule has 10 heteroatoms. The van der Waals surface area contributed by atoms with Gasteiger partial charge in [-0.25, -0.2) is 19.3 Å². The van der Waals surface area contributed by atoms with E-state index in [9.17, 15) is 19.1 Å². The molecule has 0 saturated carbocycles. The average Bonchev–Trinajstić information content (AvgIpc) is 3.42. The molecule has 3 aromatic carbocycles. The standard InChI is InChI=1S/C34H27FN6O3/c1-20(34(43)44)24-9-5-10-25(29(24)35)33(42)38-19-21-12-14-23(15-13-21)41-31(26-11-6-18-37-30(26)36)40-28-17-16-27(39-32(28)41)22-7-3-2-4-8-22/h2-18,20H,19H2,1H3,(H2,36,37)(H,38,42)(H,43,44). The summed E-state index contributed by atoms with van der Waals surface area (Å²) in [5.74, 6) is -2.82. The number of fused-ring (bicyclic) bond motifs is 1. The Kier molecular flexibility index (Phi) is 7.55. The van der Waals surface area contributed by atoms with Crippen molar-refractivity contribution in [2.45, 2.75) is 19.4 Å². The van der Waals surface area contributed by atoms with E-state index in [0.29, 0.717) is 28.4 Å². The van der Waals surface area contributed by atoms with E-state index >= 15 is 0 Å². The largest absolute Gasteiger partial charge is 0.481 e. The molecule has 44 heavy (non-hydrogen) atoms. The molecule has 3 aromatic heterocycles. The number of aromatic nitrogens is 4. The molecule has 218 valence electrons. The van der Waals surface area contributed by atoms with Crippen LogP contribution >= 0.6 is 0 Å². The molecule has 0 aliphatic heterocycles. The van der Waals surface area contributed by atoms with Crippen molar-refractivity contribution in [2.75, 3.05) is 5.73 Å². The number of carboxylic acid groups (broad SMARTS) is 1. The number of nitrogens with zero attached hydrogens (tertiary/aromatic N) is 4. The third kappa shape index (κ3) is 5.36. The molecular formula is C34H27FN6O3. The smallest absolute Gasteiger partial charge is 0.310 e. The van der Waals surface area contributed by atoms with E-state index in [1.54, 1.807) is 12.3 Å². The van der Waals surface area contributed by atoms with Gasteiger partial charge in [0.15, 0.2) is 11.5 Å². The van der Waals surface area contributed by atoms with Crippen LogP contribution in [-0.2, 0) is 11.3 Å². The Labute approximate surface area is 251 Å². The first-order valence-corrected chi connectivity index (χ1v) is 13.9. The molecule has 0 saturated heterocycles. The van der Waals surface area contributed by atoms with Gasteiger partial charge in [-0.1, -0.05) is 54.6 Å². The lowest BCUT2D eigenvalue weighted by Gasteiger charge is -2.13. The number of hydrogen-bond donors (Lipinski definition) is 3. The quantitative estimate of drug-likeness (QED) is 0.199. The molecule has 6 aromatic rings. The summed E-state index contributed by atoms with van der Waals surface area (Å²) < 4.78 is 16.9. The lowest BCUT2D eigenvalue weighted by molar-refractivity contribution is -0.138. The highest BCUT2D eigenvalue weighted by atomic mass is 19.1. The number of nitrogens with two attached hydrogens (primary N) is 1. The fraction of sp³-hybridized carbons (Fsp3) is 0.0882. The van der Waals surface area contributed by atoms with Crippen LogP contribution in [0.15, 0.2) is 103 Å². The van der Waals surface area contributed by atoms with Gasteiger partial charge in [0, 0.05) is 29.6 Å². The molecule has 1 unspecified atom stereocenters. The highest BCUT2D eigenvalue weighted by molar-refractivity contribution is 5.95. The van der Waals surface area contributed by atoms with E-state index in [1.165, 1.54) is 25.1 Å². The first-order chi connectivity index (χ1) is 21.3. The molecule has 1 atom stereocenters. The zero-order valence-corrected chi connectivity index (χ0v) is 23.6. The molecule has 6 rings (SSSR count). The number of imidazole rings is 1. The Balaban J connectivity index is 1.32. The monoisotopic (exact) mass is 586 g/mol. The molecule has 9 nitrogen and oxygen atoms in total. The fourth-order valence-electron chi connectivity index (χ4n) is 4.99. The number of aliphatic carboxylic acids is 1. The Morgan fingerprint density at radius 1 is 0.932 bits per heavy atom. The first-order valence-electron chi connectivity index (χ1n) is 13.9. The molecule has 4 N–H and O–H groups in total. The van der Waals surface area contributed by atoms with E-state index in [2.05, 4.69) is 10.3 Å². The van der Waals surface area contributed by atoms with Crippen molar-refractivity contribution in [3.63, 3.8) is 0 Å². The number of nitrogens with one attached hydrogen (secondary N) is 1. The van der Waals surface area contributed by atoms with Crippen LogP contribution in [0, 0.1) is 5.82 Å². The molecule has 0 aliphatic carbocycles. The summed E-state index contributed by atoms with van der Waals surface area (Å²) in [4.78, 5) is 38.2. The van der Waals surface area contributed by atoms with Gasteiger partial charge in [-0.05, 0) is 55.0 Å². The fourth-order valence-corrected chi connectivity index (χ4v) is 4.99. The minimum absolute atomic E-state index is 0.0452. The third-order valence-corrected chi connectivity index (χ3v) is 7.41. The van der Waals surface area contributed by atoms with Gasteiger partial charge in [0.05, 0.1) is 22.7 Å². The molecule has 3 heterocycles. The zero-order chi connectivity index (χ0) is 30.8. The van der Waals surface area contributed by atoms with E-state index in [-0.39, 0.29) is 17.7 Å². The van der Waals surface area contributed by atoms with Gasteiger partial charge < -0.3 is 16.2 Å². The SMILES string of the molecule is CC(C(=O)O)c1cccc(C(=O)NCc2ccc(-n3c(-c4cccnc4N)nc4ccc(-c5ccccc5)nc43)cc2)c1F. The summed E-state index contributed by atoms with van der Waals surface area (Å²) in [6.07, 6.45) is 1.62. The highest BCUT2D eigenvalue weighted by Gasteiger charge is 2.23. The number of carboxylic acids is 1. The van der Waals surface area contributed by atoms with Crippen LogP contribution in [0.1, 0.15) is 34.3 Å². The van der Waals surface area contributed by atoms with E-state index < -0.39 is 23.6 Å². The maximum atomic E-state index is 15.0. The van der Waals surface area contributed by atoms with Gasteiger partial charge in [0.1, 0.15) is 17.2 Å².